The molecular weight excluding hydrogens is 480 g/mol. The summed E-state index contributed by atoms with van der Waals surface area (Å²) in [6.07, 6.45) is 0.237. The van der Waals surface area contributed by atoms with Crippen LogP contribution in [0.25, 0.3) is 10.8 Å². The third kappa shape index (κ3) is 2.98. The molecule has 2 fully saturated rings. The summed E-state index contributed by atoms with van der Waals surface area (Å²) < 4.78 is 0. The van der Waals surface area contributed by atoms with Crippen LogP contribution in [0.3, 0.4) is 0 Å². The molecule has 4 N–H and O–H groups in total. The summed E-state index contributed by atoms with van der Waals surface area (Å²) in [6, 6.07) is 15.9. The van der Waals surface area contributed by atoms with Gasteiger partial charge in [-0.25, -0.2) is 4.90 Å². The Balaban J connectivity index is 1.50. The molecule has 3 aromatic carbocycles. The molecule has 3 aliphatic heterocycles. The predicted molar refractivity (Wildman–Crippen MR) is 135 cm³/mol. The molecule has 1 spiro atoms. The van der Waals surface area contributed by atoms with Gasteiger partial charge in [-0.3, -0.25) is 24.5 Å². The summed E-state index contributed by atoms with van der Waals surface area (Å²) in [6.45, 7) is 1.79. The number of halogens is 1. The van der Waals surface area contributed by atoms with Crippen LogP contribution < -0.4 is 21.3 Å². The quantitative estimate of drug-likeness (QED) is 0.473. The number of fused-ring (bicyclic) bond motifs is 5. The predicted octanol–water partition coefficient (Wildman–Crippen LogP) is 2.99. The Labute approximate surface area is 211 Å². The van der Waals surface area contributed by atoms with Crippen LogP contribution in [0.2, 0.25) is 5.02 Å². The van der Waals surface area contributed by atoms with E-state index in [1.807, 2.05) is 30.3 Å². The fourth-order valence-electron chi connectivity index (χ4n) is 6.11. The number of rotatable bonds is 4. The first-order valence-electron chi connectivity index (χ1n) is 11.8. The number of carbonyl (C=O) groups excluding carboxylic acids is 4. The van der Waals surface area contributed by atoms with E-state index in [0.717, 1.165) is 10.8 Å². The number of nitrogens with one attached hydrogen (secondary N) is 2. The van der Waals surface area contributed by atoms with Gasteiger partial charge in [0.15, 0.2) is 0 Å². The zero-order valence-corrected chi connectivity index (χ0v) is 20.1. The molecule has 182 valence electrons. The Hall–Kier alpha value is -3.75. The van der Waals surface area contributed by atoms with Crippen molar-refractivity contribution in [2.75, 3.05) is 10.2 Å². The molecule has 0 aromatic heterocycles. The lowest BCUT2D eigenvalue weighted by atomic mass is 9.76. The normalized spacial score (nSPS) is 26.6. The Morgan fingerprint density at radius 3 is 2.56 bits per heavy atom. The molecule has 3 aromatic rings. The maximum Gasteiger partial charge on any atom is 0.250 e. The van der Waals surface area contributed by atoms with Gasteiger partial charge in [-0.2, -0.15) is 0 Å². The summed E-state index contributed by atoms with van der Waals surface area (Å²) in [5.41, 5.74) is 6.19. The highest BCUT2D eigenvalue weighted by Crippen LogP contribution is 2.55. The Kier molecular flexibility index (Phi) is 4.97. The van der Waals surface area contributed by atoms with E-state index < -0.39 is 47.0 Å². The zero-order valence-electron chi connectivity index (χ0n) is 19.4. The van der Waals surface area contributed by atoms with Crippen molar-refractivity contribution in [3.05, 3.63) is 70.7 Å². The van der Waals surface area contributed by atoms with Crippen molar-refractivity contribution >= 4 is 57.4 Å². The number of amides is 4. The van der Waals surface area contributed by atoms with Gasteiger partial charge in [0, 0.05) is 23.0 Å². The molecule has 0 aliphatic carbocycles. The van der Waals surface area contributed by atoms with E-state index in [1.165, 1.54) is 4.90 Å². The van der Waals surface area contributed by atoms with E-state index in [4.69, 9.17) is 17.3 Å². The van der Waals surface area contributed by atoms with Gasteiger partial charge in [0.25, 0.3) is 0 Å². The number of hydrogen-bond donors (Lipinski definition) is 3. The highest BCUT2D eigenvalue weighted by Gasteiger charge is 2.70. The average Bonchev–Trinajstić information content (AvgIpc) is 3.44. The molecule has 6 rings (SSSR count). The smallest absolute Gasteiger partial charge is 0.250 e. The maximum absolute atomic E-state index is 14.1. The molecule has 0 saturated carbocycles. The summed E-state index contributed by atoms with van der Waals surface area (Å²) >= 11 is 6.31. The first-order chi connectivity index (χ1) is 17.2. The van der Waals surface area contributed by atoms with Crippen molar-refractivity contribution in [1.82, 2.24) is 5.32 Å². The van der Waals surface area contributed by atoms with E-state index in [1.54, 1.807) is 31.2 Å². The number of nitrogens with two attached hydrogens (primary N) is 1. The maximum atomic E-state index is 14.1. The van der Waals surface area contributed by atoms with Crippen LogP contribution in [0.5, 0.6) is 0 Å². The number of hydrogen-bond acceptors (Lipinski definition) is 5. The van der Waals surface area contributed by atoms with Crippen molar-refractivity contribution < 1.29 is 19.2 Å². The zero-order chi connectivity index (χ0) is 25.4. The molecule has 3 heterocycles. The number of primary amides is 1. The van der Waals surface area contributed by atoms with Gasteiger partial charge in [-0.05, 0) is 47.9 Å². The molecule has 8 nitrogen and oxygen atoms in total. The fourth-order valence-corrected chi connectivity index (χ4v) is 6.26. The van der Waals surface area contributed by atoms with E-state index in [2.05, 4.69) is 10.6 Å². The van der Waals surface area contributed by atoms with Crippen LogP contribution in [0.15, 0.2) is 54.6 Å². The second kappa shape index (κ2) is 7.88. The lowest BCUT2D eigenvalue weighted by molar-refractivity contribution is -0.130. The minimum absolute atomic E-state index is 0.0164. The van der Waals surface area contributed by atoms with Gasteiger partial charge >= 0.3 is 0 Å². The largest absolute Gasteiger partial charge is 0.370 e. The molecular formula is C27H23ClN4O4. The van der Waals surface area contributed by atoms with E-state index in [-0.39, 0.29) is 12.8 Å². The summed E-state index contributed by atoms with van der Waals surface area (Å²) in [5.74, 6) is -3.61. The van der Waals surface area contributed by atoms with Crippen LogP contribution in [-0.4, -0.2) is 29.7 Å². The van der Waals surface area contributed by atoms with Crippen molar-refractivity contribution in [2.24, 2.45) is 17.6 Å². The Morgan fingerprint density at radius 1 is 1.06 bits per heavy atom. The van der Waals surface area contributed by atoms with Gasteiger partial charge in [-0.1, -0.05) is 48.0 Å². The fraction of sp³-hybridized carbons (Fsp3) is 0.259. The molecule has 0 unspecified atom stereocenters. The topological polar surface area (TPSA) is 122 Å². The second-order valence-electron chi connectivity index (χ2n) is 9.66. The number of imide groups is 1. The summed E-state index contributed by atoms with van der Waals surface area (Å²) in [4.78, 5) is 54.3. The Bertz CT molecular complexity index is 1500. The second-order valence-corrected chi connectivity index (χ2v) is 10.1. The third-order valence-electron chi connectivity index (χ3n) is 7.78. The Morgan fingerprint density at radius 2 is 1.81 bits per heavy atom. The average molecular weight is 503 g/mol. The van der Waals surface area contributed by atoms with Gasteiger partial charge in [0.2, 0.25) is 23.6 Å². The highest BCUT2D eigenvalue weighted by atomic mass is 35.5. The monoisotopic (exact) mass is 502 g/mol. The SMILES string of the molecule is Cc1c(Cl)ccc2c1NC(=O)[C@]21N[C@@H](CCC(N)=O)[C@H]2C(=O)N(c3ccc4ccccc4c3)C(=O)[C@H]21. The lowest BCUT2D eigenvalue weighted by Crippen LogP contribution is -2.53. The van der Waals surface area contributed by atoms with Crippen molar-refractivity contribution in [2.45, 2.75) is 31.3 Å². The minimum atomic E-state index is -1.46. The number of nitrogens with zero attached hydrogens (tertiary/aromatic N) is 1. The molecule has 36 heavy (non-hydrogen) atoms. The standard InChI is InChI=1S/C27H23ClN4O4/c1-13-18(28)9-8-17-23(13)30-26(36)27(17)22-21(19(31-27)10-11-20(29)33)24(34)32(25(22)35)16-7-6-14-4-2-3-5-15(14)12-16/h2-9,12,19,21-22,31H,10-11H2,1H3,(H2,29,33)(H,30,36)/t19-,21+,22-,27-/m0/s1. The van der Waals surface area contributed by atoms with Crippen LogP contribution in [0.4, 0.5) is 11.4 Å². The van der Waals surface area contributed by atoms with Gasteiger partial charge in [-0.15, -0.1) is 0 Å². The molecule has 3 aliphatic rings. The summed E-state index contributed by atoms with van der Waals surface area (Å²) in [5, 5.41) is 8.55. The van der Waals surface area contributed by atoms with Crippen molar-refractivity contribution in [1.29, 1.82) is 0 Å². The van der Waals surface area contributed by atoms with Gasteiger partial charge in [0.05, 0.1) is 23.2 Å². The molecule has 9 heteroatoms. The minimum Gasteiger partial charge on any atom is -0.370 e. The third-order valence-corrected chi connectivity index (χ3v) is 8.19. The molecule has 2 saturated heterocycles. The van der Waals surface area contributed by atoms with Crippen LogP contribution in [-0.2, 0) is 24.7 Å². The number of carbonyl (C=O) groups is 4. The first-order valence-corrected chi connectivity index (χ1v) is 12.2. The number of benzene rings is 3. The molecule has 4 amide bonds. The van der Waals surface area contributed by atoms with Crippen LogP contribution >= 0.6 is 11.6 Å². The highest BCUT2D eigenvalue weighted by molar-refractivity contribution is 6.32. The van der Waals surface area contributed by atoms with E-state index in [0.29, 0.717) is 27.5 Å². The number of anilines is 2. The van der Waals surface area contributed by atoms with Crippen LogP contribution in [0.1, 0.15) is 24.0 Å². The first kappa shape index (κ1) is 22.7. The van der Waals surface area contributed by atoms with E-state index >= 15 is 0 Å². The van der Waals surface area contributed by atoms with Gasteiger partial charge < -0.3 is 11.1 Å². The van der Waals surface area contributed by atoms with Crippen LogP contribution in [0, 0.1) is 18.8 Å². The van der Waals surface area contributed by atoms with Crippen molar-refractivity contribution in [3.63, 3.8) is 0 Å². The van der Waals surface area contributed by atoms with Gasteiger partial charge in [0.1, 0.15) is 5.54 Å². The molecule has 0 radical (unpaired) electrons. The molecule has 4 atom stereocenters. The van der Waals surface area contributed by atoms with E-state index in [9.17, 15) is 19.2 Å². The summed E-state index contributed by atoms with van der Waals surface area (Å²) in [7, 11) is 0. The molecule has 0 bridgehead atoms. The van der Waals surface area contributed by atoms with Crippen molar-refractivity contribution in [3.8, 4) is 0 Å². The lowest BCUT2D eigenvalue weighted by Gasteiger charge is -2.29.